The monoisotopic (exact) mass is 250 g/mol. The van der Waals surface area contributed by atoms with Crippen LogP contribution in [-0.4, -0.2) is 5.84 Å². The zero-order valence-electron chi connectivity index (χ0n) is 10.0. The Balaban J connectivity index is 1.97. The predicted octanol–water partition coefficient (Wildman–Crippen LogP) is 3.78. The van der Waals surface area contributed by atoms with Crippen LogP contribution < -0.4 is 5.73 Å². The Labute approximate surface area is 108 Å². The normalized spacial score (nSPS) is 18.3. The van der Waals surface area contributed by atoms with E-state index in [2.05, 4.69) is 4.99 Å². The number of amidine groups is 1. The largest absolute Gasteiger partial charge is 0.387 e. The van der Waals surface area contributed by atoms with Crippen molar-refractivity contribution >= 4 is 17.4 Å². The highest BCUT2D eigenvalue weighted by molar-refractivity contribution is 6.31. The third kappa shape index (κ3) is 3.47. The minimum absolute atomic E-state index is 0.492. The Bertz CT molecular complexity index is 395. The van der Waals surface area contributed by atoms with Gasteiger partial charge in [-0.2, -0.15) is 0 Å². The zero-order valence-corrected chi connectivity index (χ0v) is 10.8. The standard InChI is InChI=1S/C14H19ClN2/c15-13-9-5-4-8-12(13)10-17-14(16)11-6-2-1-3-7-11/h4-5,8-9,11H,1-3,6-7,10H2,(H2,16,17). The lowest BCUT2D eigenvalue weighted by Gasteiger charge is -2.20. The molecule has 0 atom stereocenters. The van der Waals surface area contributed by atoms with Crippen molar-refractivity contribution in [3.8, 4) is 0 Å². The highest BCUT2D eigenvalue weighted by Gasteiger charge is 2.16. The molecule has 1 aromatic carbocycles. The molecule has 0 radical (unpaired) electrons. The van der Waals surface area contributed by atoms with Gasteiger partial charge in [-0.3, -0.25) is 4.99 Å². The first-order chi connectivity index (χ1) is 8.27. The Morgan fingerprint density at radius 3 is 2.65 bits per heavy atom. The van der Waals surface area contributed by atoms with Gasteiger partial charge in [-0.25, -0.2) is 0 Å². The second-order valence-corrected chi connectivity index (χ2v) is 5.07. The van der Waals surface area contributed by atoms with Crippen LogP contribution in [0.2, 0.25) is 5.02 Å². The second kappa shape index (κ2) is 6.06. The van der Waals surface area contributed by atoms with Crippen LogP contribution in [0.25, 0.3) is 0 Å². The van der Waals surface area contributed by atoms with E-state index in [1.165, 1.54) is 32.1 Å². The molecule has 0 spiro atoms. The smallest absolute Gasteiger partial charge is 0.0972 e. The van der Waals surface area contributed by atoms with Crippen LogP contribution in [0.15, 0.2) is 29.3 Å². The van der Waals surface area contributed by atoms with Crippen LogP contribution >= 0.6 is 11.6 Å². The molecule has 1 saturated carbocycles. The molecule has 0 bridgehead atoms. The van der Waals surface area contributed by atoms with E-state index >= 15 is 0 Å². The number of rotatable bonds is 3. The number of nitrogens with two attached hydrogens (primary N) is 1. The Morgan fingerprint density at radius 1 is 1.24 bits per heavy atom. The summed E-state index contributed by atoms with van der Waals surface area (Å²) in [5.74, 6) is 1.30. The Morgan fingerprint density at radius 2 is 1.94 bits per heavy atom. The van der Waals surface area contributed by atoms with Crippen molar-refractivity contribution in [1.29, 1.82) is 0 Å². The van der Waals surface area contributed by atoms with Crippen molar-refractivity contribution in [2.24, 2.45) is 16.6 Å². The summed E-state index contributed by atoms with van der Waals surface area (Å²) in [6.07, 6.45) is 6.30. The number of benzene rings is 1. The van der Waals surface area contributed by atoms with E-state index in [-0.39, 0.29) is 0 Å². The molecule has 1 aliphatic rings. The number of halogens is 1. The molecule has 2 N–H and O–H groups in total. The van der Waals surface area contributed by atoms with E-state index in [9.17, 15) is 0 Å². The third-order valence-corrected chi connectivity index (χ3v) is 3.78. The summed E-state index contributed by atoms with van der Waals surface area (Å²) in [5.41, 5.74) is 7.10. The Hall–Kier alpha value is -1.02. The Kier molecular flexibility index (Phi) is 4.43. The van der Waals surface area contributed by atoms with Gasteiger partial charge in [0.05, 0.1) is 12.4 Å². The number of nitrogens with zero attached hydrogens (tertiary/aromatic N) is 1. The fourth-order valence-corrected chi connectivity index (χ4v) is 2.53. The topological polar surface area (TPSA) is 38.4 Å². The SMILES string of the molecule is NC(=NCc1ccccc1Cl)C1CCCCC1. The molecule has 0 unspecified atom stereocenters. The van der Waals surface area contributed by atoms with Crippen molar-refractivity contribution in [3.05, 3.63) is 34.9 Å². The summed E-state index contributed by atoms with van der Waals surface area (Å²) in [6.45, 7) is 0.599. The van der Waals surface area contributed by atoms with Gasteiger partial charge in [0.1, 0.15) is 0 Å². The van der Waals surface area contributed by atoms with E-state index in [1.54, 1.807) is 0 Å². The minimum Gasteiger partial charge on any atom is -0.387 e. The quantitative estimate of drug-likeness (QED) is 0.644. The fraction of sp³-hybridized carbons (Fsp3) is 0.500. The van der Waals surface area contributed by atoms with Gasteiger partial charge in [-0.05, 0) is 24.5 Å². The summed E-state index contributed by atoms with van der Waals surface area (Å²) in [4.78, 5) is 4.49. The van der Waals surface area contributed by atoms with Crippen LogP contribution in [-0.2, 0) is 6.54 Å². The molecule has 2 rings (SSSR count). The van der Waals surface area contributed by atoms with Crippen molar-refractivity contribution in [2.75, 3.05) is 0 Å². The molecule has 1 aromatic rings. The molecule has 0 amide bonds. The van der Waals surface area contributed by atoms with Gasteiger partial charge in [-0.1, -0.05) is 49.1 Å². The van der Waals surface area contributed by atoms with Crippen molar-refractivity contribution < 1.29 is 0 Å². The summed E-state index contributed by atoms with van der Waals surface area (Å²) >= 11 is 6.08. The lowest BCUT2D eigenvalue weighted by atomic mass is 9.88. The summed E-state index contributed by atoms with van der Waals surface area (Å²) in [6, 6.07) is 7.80. The molecular formula is C14H19ClN2. The molecule has 0 saturated heterocycles. The maximum Gasteiger partial charge on any atom is 0.0972 e. The average molecular weight is 251 g/mol. The third-order valence-electron chi connectivity index (χ3n) is 3.41. The highest BCUT2D eigenvalue weighted by Crippen LogP contribution is 2.24. The average Bonchev–Trinajstić information content (AvgIpc) is 2.38. The first-order valence-corrected chi connectivity index (χ1v) is 6.68. The second-order valence-electron chi connectivity index (χ2n) is 4.67. The summed E-state index contributed by atoms with van der Waals surface area (Å²) < 4.78 is 0. The van der Waals surface area contributed by atoms with E-state index < -0.39 is 0 Å². The molecule has 1 aliphatic carbocycles. The zero-order chi connectivity index (χ0) is 12.1. The van der Waals surface area contributed by atoms with Gasteiger partial charge in [0.25, 0.3) is 0 Å². The molecule has 0 aromatic heterocycles. The van der Waals surface area contributed by atoms with Crippen molar-refractivity contribution in [2.45, 2.75) is 38.6 Å². The molecule has 92 valence electrons. The van der Waals surface area contributed by atoms with Gasteiger partial charge in [0.2, 0.25) is 0 Å². The van der Waals surface area contributed by atoms with E-state index in [1.807, 2.05) is 24.3 Å². The summed E-state index contributed by atoms with van der Waals surface area (Å²) in [5, 5.41) is 0.771. The number of hydrogen-bond acceptors (Lipinski definition) is 1. The van der Waals surface area contributed by atoms with Crippen LogP contribution in [0, 0.1) is 5.92 Å². The fourth-order valence-electron chi connectivity index (χ4n) is 2.33. The number of aliphatic imine (C=N–C) groups is 1. The lowest BCUT2D eigenvalue weighted by molar-refractivity contribution is 0.436. The predicted molar refractivity (Wildman–Crippen MR) is 73.4 cm³/mol. The molecule has 3 heteroatoms. The maximum atomic E-state index is 6.08. The van der Waals surface area contributed by atoms with E-state index in [0.717, 1.165) is 16.4 Å². The van der Waals surface area contributed by atoms with Gasteiger partial charge in [0, 0.05) is 10.9 Å². The van der Waals surface area contributed by atoms with Gasteiger partial charge in [-0.15, -0.1) is 0 Å². The summed E-state index contributed by atoms with van der Waals surface area (Å²) in [7, 11) is 0. The van der Waals surface area contributed by atoms with E-state index in [0.29, 0.717) is 12.5 Å². The van der Waals surface area contributed by atoms with E-state index in [4.69, 9.17) is 17.3 Å². The van der Waals surface area contributed by atoms with Gasteiger partial charge in [0.15, 0.2) is 0 Å². The number of hydrogen-bond donors (Lipinski definition) is 1. The van der Waals surface area contributed by atoms with Crippen molar-refractivity contribution in [3.63, 3.8) is 0 Å². The molecule has 0 heterocycles. The lowest BCUT2D eigenvalue weighted by Crippen LogP contribution is -2.25. The highest BCUT2D eigenvalue weighted by atomic mass is 35.5. The molecular weight excluding hydrogens is 232 g/mol. The van der Waals surface area contributed by atoms with Gasteiger partial charge < -0.3 is 5.73 Å². The first-order valence-electron chi connectivity index (χ1n) is 6.30. The minimum atomic E-state index is 0.492. The van der Waals surface area contributed by atoms with Crippen LogP contribution in [0.4, 0.5) is 0 Å². The maximum absolute atomic E-state index is 6.08. The van der Waals surface area contributed by atoms with Crippen molar-refractivity contribution in [1.82, 2.24) is 0 Å². The van der Waals surface area contributed by atoms with Crippen LogP contribution in [0.1, 0.15) is 37.7 Å². The molecule has 17 heavy (non-hydrogen) atoms. The van der Waals surface area contributed by atoms with Crippen LogP contribution in [0.5, 0.6) is 0 Å². The first kappa shape index (κ1) is 12.4. The molecule has 1 fully saturated rings. The molecule has 2 nitrogen and oxygen atoms in total. The molecule has 0 aliphatic heterocycles. The van der Waals surface area contributed by atoms with Crippen LogP contribution in [0.3, 0.4) is 0 Å². The van der Waals surface area contributed by atoms with Gasteiger partial charge >= 0.3 is 0 Å².